The highest BCUT2D eigenvalue weighted by Gasteiger charge is 2.33. The van der Waals surface area contributed by atoms with E-state index in [-0.39, 0.29) is 26.3 Å². The Morgan fingerprint density at radius 2 is 1.74 bits per heavy atom. The molecule has 47 heavy (non-hydrogen) atoms. The Hall–Kier alpha value is -4.41. The zero-order valence-electron chi connectivity index (χ0n) is 25.0. The van der Waals surface area contributed by atoms with Crippen molar-refractivity contribution in [2.45, 2.75) is 0 Å². The number of thioether (sulfide) groups is 1. The number of nitrogens with one attached hydrogen (secondary N) is 1. The number of rotatable bonds is 12. The van der Waals surface area contributed by atoms with Crippen molar-refractivity contribution in [3.63, 3.8) is 0 Å². The van der Waals surface area contributed by atoms with Gasteiger partial charge < -0.3 is 24.1 Å². The quantitative estimate of drug-likeness (QED) is 0.122. The molecular weight excluding hydrogens is 656 g/mol. The van der Waals surface area contributed by atoms with Gasteiger partial charge >= 0.3 is 11.9 Å². The van der Waals surface area contributed by atoms with Gasteiger partial charge in [-0.1, -0.05) is 36.1 Å². The summed E-state index contributed by atoms with van der Waals surface area (Å²) in [6, 6.07) is 12.5. The van der Waals surface area contributed by atoms with Crippen LogP contribution in [0.5, 0.6) is 17.2 Å². The van der Waals surface area contributed by atoms with Gasteiger partial charge in [-0.3, -0.25) is 14.5 Å². The first-order valence-corrected chi connectivity index (χ1v) is 15.5. The van der Waals surface area contributed by atoms with Crippen molar-refractivity contribution in [2.75, 3.05) is 53.1 Å². The molecule has 2 saturated heterocycles. The second-order valence-electron chi connectivity index (χ2n) is 10.2. The predicted octanol–water partition coefficient (Wildman–Crippen LogP) is 4.36. The summed E-state index contributed by atoms with van der Waals surface area (Å²) in [6.07, 6.45) is 1.58. The summed E-state index contributed by atoms with van der Waals surface area (Å²) in [5.74, 6) is -3.95. The molecule has 0 radical (unpaired) electrons. The van der Waals surface area contributed by atoms with Crippen LogP contribution in [0.4, 0.5) is 8.78 Å². The van der Waals surface area contributed by atoms with Gasteiger partial charge in [-0.25, -0.2) is 24.0 Å². The van der Waals surface area contributed by atoms with Crippen molar-refractivity contribution in [3.8, 4) is 28.4 Å². The maximum atomic E-state index is 14.0. The number of aromatic carboxylic acids is 1. The Bertz CT molecular complexity index is 1730. The number of nitrogens with zero attached hydrogens (tertiary/aromatic N) is 2. The molecule has 1 amide bonds. The molecule has 3 aromatic carbocycles. The highest BCUT2D eigenvalue weighted by molar-refractivity contribution is 8.26. The van der Waals surface area contributed by atoms with E-state index in [4.69, 9.17) is 36.3 Å². The van der Waals surface area contributed by atoms with Crippen LogP contribution in [0.25, 0.3) is 17.2 Å². The molecule has 2 aliphatic rings. The van der Waals surface area contributed by atoms with E-state index in [0.29, 0.717) is 48.8 Å². The average molecular weight is 686 g/mol. The molecule has 5 rings (SSSR count). The molecule has 3 aromatic rings. The van der Waals surface area contributed by atoms with Crippen LogP contribution < -0.4 is 19.6 Å². The molecule has 0 atom stereocenters. The number of amides is 1. The number of esters is 1. The van der Waals surface area contributed by atoms with Gasteiger partial charge in [0.15, 0.2) is 27.5 Å². The maximum Gasteiger partial charge on any atom is 0.335 e. The molecule has 2 fully saturated rings. The lowest BCUT2D eigenvalue weighted by Crippen LogP contribution is -2.44. The van der Waals surface area contributed by atoms with Crippen LogP contribution in [0.2, 0.25) is 0 Å². The molecule has 0 spiro atoms. The van der Waals surface area contributed by atoms with Crippen molar-refractivity contribution in [1.29, 1.82) is 0 Å². The third-order valence-corrected chi connectivity index (χ3v) is 8.43. The van der Waals surface area contributed by atoms with Crippen LogP contribution in [-0.4, -0.2) is 90.3 Å². The minimum Gasteiger partial charge on any atom is -0.493 e. The van der Waals surface area contributed by atoms with Gasteiger partial charge in [-0.15, -0.1) is 0 Å². The van der Waals surface area contributed by atoms with Crippen LogP contribution in [-0.2, 0) is 14.3 Å². The zero-order chi connectivity index (χ0) is 33.5. The predicted molar refractivity (Wildman–Crippen MR) is 173 cm³/mol. The lowest BCUT2D eigenvalue weighted by atomic mass is 10.0. The number of halogens is 2. The number of hydrazine groups is 1. The van der Waals surface area contributed by atoms with Crippen LogP contribution in [0.3, 0.4) is 0 Å². The number of methoxy groups -OCH3 is 1. The van der Waals surface area contributed by atoms with Crippen molar-refractivity contribution >= 4 is 52.2 Å². The topological polar surface area (TPSA) is 127 Å². The number of benzene rings is 3. The summed E-state index contributed by atoms with van der Waals surface area (Å²) in [6.45, 7) is 3.44. The highest BCUT2D eigenvalue weighted by atomic mass is 32.2. The summed E-state index contributed by atoms with van der Waals surface area (Å²) in [5, 5.41) is 10.2. The van der Waals surface area contributed by atoms with Crippen LogP contribution in [0.15, 0.2) is 59.5 Å². The van der Waals surface area contributed by atoms with E-state index in [1.54, 1.807) is 24.3 Å². The smallest absolute Gasteiger partial charge is 0.335 e. The van der Waals surface area contributed by atoms with E-state index in [9.17, 15) is 23.2 Å². The number of morpholine rings is 1. The normalized spacial score (nSPS) is 16.1. The SMILES string of the molecule is COc1cc(C(=O)O)ccc1OC(=O)CNN1C(=O)C(=Cc2cc(-c3ccc(F)c(F)c3)ccc2OCCN2CCOCC2)SC1=S. The monoisotopic (exact) mass is 685 g/mol. The molecule has 2 heterocycles. The molecule has 0 aromatic heterocycles. The van der Waals surface area contributed by atoms with Gasteiger partial charge in [-0.2, -0.15) is 0 Å². The summed E-state index contributed by atoms with van der Waals surface area (Å²) < 4.78 is 49.7. The standard InChI is InChI=1S/C32H29F2N3O8S2/c1-42-27-16-21(31(40)41)4-7-26(27)45-29(38)18-35-37-30(39)28(47-32(37)46)17-22-14-19(20-2-5-23(33)24(34)15-20)3-6-25(22)44-13-10-36-8-11-43-12-9-36/h2-7,14-17,35H,8-13,18H2,1H3,(H,40,41). The summed E-state index contributed by atoms with van der Waals surface area (Å²) in [7, 11) is 1.30. The number of ether oxygens (including phenoxy) is 4. The number of carbonyl (C=O) groups is 3. The number of carboxylic acid groups (broad SMARTS) is 1. The van der Waals surface area contributed by atoms with E-state index < -0.39 is 36.0 Å². The van der Waals surface area contributed by atoms with E-state index in [0.717, 1.165) is 42.0 Å². The van der Waals surface area contributed by atoms with Crippen molar-refractivity contribution < 1.29 is 47.2 Å². The van der Waals surface area contributed by atoms with Gasteiger partial charge in [0.05, 0.1) is 30.8 Å². The Balaban J connectivity index is 1.31. The van der Waals surface area contributed by atoms with Crippen molar-refractivity contribution in [3.05, 3.63) is 82.3 Å². The molecule has 0 unspecified atom stereocenters. The fourth-order valence-electron chi connectivity index (χ4n) is 4.69. The largest absolute Gasteiger partial charge is 0.493 e. The molecule has 2 N–H and O–H groups in total. The lowest BCUT2D eigenvalue weighted by molar-refractivity contribution is -0.134. The van der Waals surface area contributed by atoms with Gasteiger partial charge in [0.1, 0.15) is 18.9 Å². The Kier molecular flexibility index (Phi) is 11.2. The number of thiocarbonyl (C=S) groups is 1. The zero-order valence-corrected chi connectivity index (χ0v) is 26.6. The first-order chi connectivity index (χ1) is 22.6. The van der Waals surface area contributed by atoms with Crippen molar-refractivity contribution in [2.24, 2.45) is 0 Å². The summed E-state index contributed by atoms with van der Waals surface area (Å²) >= 11 is 6.38. The molecule has 246 valence electrons. The van der Waals surface area contributed by atoms with Crippen molar-refractivity contribution in [1.82, 2.24) is 15.3 Å². The average Bonchev–Trinajstić information content (AvgIpc) is 3.33. The number of hydrogen-bond donors (Lipinski definition) is 2. The van der Waals surface area contributed by atoms with Crippen LogP contribution in [0.1, 0.15) is 15.9 Å². The van der Waals surface area contributed by atoms with Gasteiger partial charge in [0.2, 0.25) is 0 Å². The van der Waals surface area contributed by atoms with E-state index in [2.05, 4.69) is 10.3 Å². The molecule has 0 aliphatic carbocycles. The van der Waals surface area contributed by atoms with Gasteiger partial charge in [0.25, 0.3) is 5.91 Å². The second kappa shape index (κ2) is 15.5. The summed E-state index contributed by atoms with van der Waals surface area (Å²) in [5.41, 5.74) is 4.12. The third-order valence-electron chi connectivity index (χ3n) is 7.13. The summed E-state index contributed by atoms with van der Waals surface area (Å²) in [4.78, 5) is 39.6. The van der Waals surface area contributed by atoms with Crippen LogP contribution >= 0.6 is 24.0 Å². The molecule has 0 bridgehead atoms. The Morgan fingerprint density at radius 3 is 2.47 bits per heavy atom. The molecule has 15 heteroatoms. The van der Waals surface area contributed by atoms with E-state index in [1.165, 1.54) is 31.4 Å². The molecule has 11 nitrogen and oxygen atoms in total. The number of carbonyl (C=O) groups excluding carboxylic acids is 2. The number of hydrogen-bond acceptors (Lipinski definition) is 11. The fourth-order valence-corrected chi connectivity index (χ4v) is 5.90. The highest BCUT2D eigenvalue weighted by Crippen LogP contribution is 2.35. The van der Waals surface area contributed by atoms with E-state index in [1.807, 2.05) is 0 Å². The Morgan fingerprint density at radius 1 is 1.02 bits per heavy atom. The van der Waals surface area contributed by atoms with E-state index >= 15 is 0 Å². The fraction of sp³-hybridized carbons (Fsp3) is 0.250. The second-order valence-corrected chi connectivity index (χ2v) is 11.9. The molecule has 2 aliphatic heterocycles. The molecule has 0 saturated carbocycles. The first kappa shape index (κ1) is 33.9. The van der Waals surface area contributed by atoms with Gasteiger partial charge in [0, 0.05) is 25.2 Å². The molecular formula is C32H29F2N3O8S2. The first-order valence-electron chi connectivity index (χ1n) is 14.3. The number of carboxylic acids is 1. The maximum absolute atomic E-state index is 14.0. The van der Waals surface area contributed by atoms with Crippen LogP contribution in [0, 0.1) is 11.6 Å². The third kappa shape index (κ3) is 8.50. The minimum atomic E-state index is -1.17. The van der Waals surface area contributed by atoms with Gasteiger partial charge in [-0.05, 0) is 59.7 Å². The Labute approximate surface area is 278 Å². The lowest BCUT2D eigenvalue weighted by Gasteiger charge is -2.26. The minimum absolute atomic E-state index is 0.00310.